The third-order valence-corrected chi connectivity index (χ3v) is 5.09. The minimum atomic E-state index is 0.0677. The van der Waals surface area contributed by atoms with Crippen LogP contribution in [-0.2, 0) is 6.42 Å². The Labute approximate surface area is 138 Å². The van der Waals surface area contributed by atoms with Gasteiger partial charge in [0.1, 0.15) is 5.65 Å². The van der Waals surface area contributed by atoms with Gasteiger partial charge in [-0.15, -0.1) is 11.3 Å². The largest absolute Gasteiger partial charge is 0.346 e. The Morgan fingerprint density at radius 1 is 1.09 bits per heavy atom. The number of nitrogens with zero attached hydrogens (tertiary/aromatic N) is 1. The predicted octanol–water partition coefficient (Wildman–Crippen LogP) is 4.53. The maximum absolute atomic E-state index is 6.28. The van der Waals surface area contributed by atoms with Gasteiger partial charge in [0, 0.05) is 28.7 Å². The molecule has 0 fully saturated rings. The molecule has 1 aromatic carbocycles. The number of aromatic nitrogens is 2. The monoisotopic (exact) mass is 319 g/mol. The van der Waals surface area contributed by atoms with Crippen molar-refractivity contribution in [2.75, 3.05) is 0 Å². The Bertz CT molecular complexity index is 907. The number of aromatic amines is 1. The molecule has 0 aliphatic rings. The van der Waals surface area contributed by atoms with Crippen molar-refractivity contribution in [1.82, 2.24) is 9.97 Å². The summed E-state index contributed by atoms with van der Waals surface area (Å²) < 4.78 is 0. The van der Waals surface area contributed by atoms with Crippen LogP contribution in [-0.4, -0.2) is 9.97 Å². The van der Waals surface area contributed by atoms with E-state index in [4.69, 9.17) is 5.73 Å². The summed E-state index contributed by atoms with van der Waals surface area (Å²) in [6.45, 7) is 0. The highest BCUT2D eigenvalue weighted by Gasteiger charge is 2.09. The third kappa shape index (κ3) is 2.79. The molecule has 1 atom stereocenters. The van der Waals surface area contributed by atoms with Crippen LogP contribution in [0.25, 0.3) is 22.2 Å². The summed E-state index contributed by atoms with van der Waals surface area (Å²) >= 11 is 1.72. The van der Waals surface area contributed by atoms with Gasteiger partial charge in [0.2, 0.25) is 0 Å². The number of fused-ring (bicyclic) bond motifs is 1. The molecule has 4 heteroatoms. The first-order valence-corrected chi connectivity index (χ1v) is 8.49. The molecule has 0 aliphatic carbocycles. The van der Waals surface area contributed by atoms with E-state index in [1.54, 1.807) is 11.3 Å². The van der Waals surface area contributed by atoms with Crippen LogP contribution in [0.3, 0.4) is 0 Å². The number of nitrogens with two attached hydrogens (primary N) is 1. The van der Waals surface area contributed by atoms with Crippen molar-refractivity contribution in [2.45, 2.75) is 12.5 Å². The van der Waals surface area contributed by atoms with Crippen LogP contribution in [0.2, 0.25) is 0 Å². The maximum Gasteiger partial charge on any atom is 0.137 e. The number of benzene rings is 1. The van der Waals surface area contributed by atoms with Crippen molar-refractivity contribution in [1.29, 1.82) is 0 Å². The van der Waals surface area contributed by atoms with E-state index in [9.17, 15) is 0 Å². The van der Waals surface area contributed by atoms with Crippen molar-refractivity contribution < 1.29 is 0 Å². The highest BCUT2D eigenvalue weighted by Crippen LogP contribution is 2.28. The smallest absolute Gasteiger partial charge is 0.137 e. The number of rotatable bonds is 4. The first-order valence-electron chi connectivity index (χ1n) is 7.61. The van der Waals surface area contributed by atoms with Gasteiger partial charge >= 0.3 is 0 Å². The van der Waals surface area contributed by atoms with Crippen LogP contribution in [0.15, 0.2) is 66.3 Å². The predicted molar refractivity (Wildman–Crippen MR) is 96.5 cm³/mol. The van der Waals surface area contributed by atoms with Crippen LogP contribution < -0.4 is 5.73 Å². The third-order valence-electron chi connectivity index (χ3n) is 4.09. The van der Waals surface area contributed by atoms with Gasteiger partial charge in [-0.1, -0.05) is 30.3 Å². The van der Waals surface area contributed by atoms with E-state index in [1.807, 2.05) is 12.4 Å². The van der Waals surface area contributed by atoms with Crippen LogP contribution in [0.1, 0.15) is 16.5 Å². The Hall–Kier alpha value is -2.43. The SMILES string of the molecule is NC(Cc1ccc(-c2ccnc3[nH]ccc23)cc1)c1cccs1. The second kappa shape index (κ2) is 5.99. The molecule has 0 bridgehead atoms. The zero-order valence-electron chi connectivity index (χ0n) is 12.6. The number of nitrogens with one attached hydrogen (secondary N) is 1. The van der Waals surface area contributed by atoms with Gasteiger partial charge in [-0.05, 0) is 46.7 Å². The quantitative estimate of drug-likeness (QED) is 0.580. The van der Waals surface area contributed by atoms with Crippen molar-refractivity contribution in [2.24, 2.45) is 5.73 Å². The van der Waals surface area contributed by atoms with Gasteiger partial charge < -0.3 is 10.7 Å². The van der Waals surface area contributed by atoms with E-state index in [-0.39, 0.29) is 6.04 Å². The second-order valence-corrected chi connectivity index (χ2v) is 6.60. The Kier molecular flexibility index (Phi) is 3.69. The van der Waals surface area contributed by atoms with Crippen molar-refractivity contribution in [3.63, 3.8) is 0 Å². The van der Waals surface area contributed by atoms with Gasteiger partial charge in [-0.2, -0.15) is 0 Å². The fourth-order valence-corrected chi connectivity index (χ4v) is 3.62. The zero-order chi connectivity index (χ0) is 15.6. The highest BCUT2D eigenvalue weighted by molar-refractivity contribution is 7.10. The summed E-state index contributed by atoms with van der Waals surface area (Å²) in [6, 6.07) is 17.0. The Morgan fingerprint density at radius 2 is 1.96 bits per heavy atom. The first-order chi connectivity index (χ1) is 11.3. The normalized spacial score (nSPS) is 12.6. The van der Waals surface area contributed by atoms with Crippen LogP contribution in [0.5, 0.6) is 0 Å². The Morgan fingerprint density at radius 3 is 2.74 bits per heavy atom. The first kappa shape index (κ1) is 14.2. The van der Waals surface area contributed by atoms with Gasteiger partial charge in [-0.25, -0.2) is 4.98 Å². The summed E-state index contributed by atoms with van der Waals surface area (Å²) in [7, 11) is 0. The summed E-state index contributed by atoms with van der Waals surface area (Å²) in [4.78, 5) is 8.73. The lowest BCUT2D eigenvalue weighted by Gasteiger charge is -2.10. The number of H-pyrrole nitrogens is 1. The molecule has 114 valence electrons. The zero-order valence-corrected chi connectivity index (χ0v) is 13.4. The summed E-state index contributed by atoms with van der Waals surface area (Å²) in [5, 5.41) is 3.22. The standard InChI is InChI=1S/C19H17N3S/c20-17(18-2-1-11-23-18)12-13-3-5-14(6-4-13)15-7-9-21-19-16(15)8-10-22-19/h1-11,17H,12,20H2,(H,21,22). The molecule has 4 rings (SSSR count). The fourth-order valence-electron chi connectivity index (χ4n) is 2.89. The van der Waals surface area contributed by atoms with Gasteiger partial charge in [-0.3, -0.25) is 0 Å². The highest BCUT2D eigenvalue weighted by atomic mass is 32.1. The van der Waals surface area contributed by atoms with E-state index < -0.39 is 0 Å². The van der Waals surface area contributed by atoms with Crippen molar-refractivity contribution >= 4 is 22.4 Å². The van der Waals surface area contributed by atoms with E-state index >= 15 is 0 Å². The molecule has 0 aliphatic heterocycles. The average Bonchev–Trinajstić information content (AvgIpc) is 3.26. The van der Waals surface area contributed by atoms with E-state index in [2.05, 4.69) is 63.9 Å². The van der Waals surface area contributed by atoms with E-state index in [1.165, 1.54) is 21.6 Å². The molecule has 4 aromatic rings. The average molecular weight is 319 g/mol. The van der Waals surface area contributed by atoms with Crippen molar-refractivity contribution in [3.8, 4) is 11.1 Å². The summed E-state index contributed by atoms with van der Waals surface area (Å²) in [6.07, 6.45) is 4.63. The maximum atomic E-state index is 6.28. The Balaban J connectivity index is 1.60. The van der Waals surface area contributed by atoms with Crippen LogP contribution >= 0.6 is 11.3 Å². The van der Waals surface area contributed by atoms with Crippen molar-refractivity contribution in [3.05, 3.63) is 76.7 Å². The molecule has 0 spiro atoms. The lowest BCUT2D eigenvalue weighted by Crippen LogP contribution is -2.11. The van der Waals surface area contributed by atoms with E-state index in [0.717, 1.165) is 17.5 Å². The molecule has 3 nitrogen and oxygen atoms in total. The van der Waals surface area contributed by atoms with E-state index in [0.29, 0.717) is 0 Å². The van der Waals surface area contributed by atoms with Gasteiger partial charge in [0.15, 0.2) is 0 Å². The van der Waals surface area contributed by atoms with Crippen LogP contribution in [0, 0.1) is 0 Å². The molecule has 3 aromatic heterocycles. The topological polar surface area (TPSA) is 54.7 Å². The minimum absolute atomic E-state index is 0.0677. The summed E-state index contributed by atoms with van der Waals surface area (Å²) in [5.41, 5.74) is 10.9. The van der Waals surface area contributed by atoms with Crippen LogP contribution in [0.4, 0.5) is 0 Å². The fraction of sp³-hybridized carbons (Fsp3) is 0.105. The second-order valence-electron chi connectivity index (χ2n) is 5.62. The molecule has 0 radical (unpaired) electrons. The lowest BCUT2D eigenvalue weighted by molar-refractivity contribution is 0.737. The lowest BCUT2D eigenvalue weighted by atomic mass is 9.99. The molecular formula is C19H17N3S. The number of hydrogen-bond acceptors (Lipinski definition) is 3. The minimum Gasteiger partial charge on any atom is -0.346 e. The summed E-state index contributed by atoms with van der Waals surface area (Å²) in [5.74, 6) is 0. The molecule has 23 heavy (non-hydrogen) atoms. The number of thiophene rings is 1. The molecule has 3 heterocycles. The number of pyridine rings is 1. The molecule has 0 saturated carbocycles. The van der Waals surface area contributed by atoms with Gasteiger partial charge in [0.25, 0.3) is 0 Å². The molecule has 1 unspecified atom stereocenters. The molecular weight excluding hydrogens is 302 g/mol. The molecule has 3 N–H and O–H groups in total. The molecule has 0 saturated heterocycles. The molecule has 0 amide bonds. The number of hydrogen-bond donors (Lipinski definition) is 2. The van der Waals surface area contributed by atoms with Gasteiger partial charge in [0.05, 0.1) is 0 Å².